The summed E-state index contributed by atoms with van der Waals surface area (Å²) in [4.78, 5) is 14.6. The number of hydrogen-bond acceptors (Lipinski definition) is 6. The first-order valence-electron chi connectivity index (χ1n) is 8.33. The third-order valence-corrected chi connectivity index (χ3v) is 4.09. The lowest BCUT2D eigenvalue weighted by Gasteiger charge is -2.22. The highest BCUT2D eigenvalue weighted by Crippen LogP contribution is 2.21. The molecular formula is C18H21N3O4. The van der Waals surface area contributed by atoms with Gasteiger partial charge >= 0.3 is 5.69 Å². The van der Waals surface area contributed by atoms with Crippen LogP contribution in [-0.4, -0.2) is 29.2 Å². The number of rotatable bonds is 7. The largest absolute Gasteiger partial charge is 0.381 e. The summed E-state index contributed by atoms with van der Waals surface area (Å²) in [5, 5.41) is 14.1. The number of pyridine rings is 1. The molecule has 7 heteroatoms. The molecule has 2 heterocycles. The van der Waals surface area contributed by atoms with Crippen molar-refractivity contribution in [3.8, 4) is 0 Å². The summed E-state index contributed by atoms with van der Waals surface area (Å²) in [5.41, 5.74) is 2.08. The Morgan fingerprint density at radius 3 is 2.84 bits per heavy atom. The molecule has 1 aliphatic heterocycles. The van der Waals surface area contributed by atoms with E-state index in [-0.39, 0.29) is 17.6 Å². The van der Waals surface area contributed by atoms with Crippen molar-refractivity contribution in [2.45, 2.75) is 32.1 Å². The van der Waals surface area contributed by atoms with Gasteiger partial charge in [-0.1, -0.05) is 24.3 Å². The standard InChI is InChI=1S/C18H21N3O4/c22-21(23)17-5-2-8-19-18(17)20-12-14-3-1-4-15(11-14)13-25-16-6-9-24-10-7-16/h1-5,8,11,16H,6-7,9-10,12-13H2,(H,19,20). The number of benzene rings is 1. The second-order valence-electron chi connectivity index (χ2n) is 5.92. The first-order chi connectivity index (χ1) is 12.2. The predicted octanol–water partition coefficient (Wildman–Crippen LogP) is 3.30. The molecule has 7 nitrogen and oxygen atoms in total. The van der Waals surface area contributed by atoms with Gasteiger partial charge in [-0.05, 0) is 30.0 Å². The Balaban J connectivity index is 1.57. The Kier molecular flexibility index (Phi) is 5.92. The maximum absolute atomic E-state index is 11.0. The molecule has 1 aromatic carbocycles. The normalized spacial score (nSPS) is 15.0. The molecule has 0 atom stereocenters. The van der Waals surface area contributed by atoms with E-state index in [9.17, 15) is 10.1 Å². The van der Waals surface area contributed by atoms with E-state index in [2.05, 4.69) is 10.3 Å². The minimum Gasteiger partial charge on any atom is -0.381 e. The fourth-order valence-corrected chi connectivity index (χ4v) is 2.75. The molecular weight excluding hydrogens is 322 g/mol. The molecule has 0 saturated carbocycles. The van der Waals surface area contributed by atoms with Crippen molar-refractivity contribution in [3.63, 3.8) is 0 Å². The number of nitrogens with one attached hydrogen (secondary N) is 1. The van der Waals surface area contributed by atoms with E-state index in [1.807, 2.05) is 24.3 Å². The second kappa shape index (κ2) is 8.55. The summed E-state index contributed by atoms with van der Waals surface area (Å²) in [6, 6.07) is 11.0. The fourth-order valence-electron chi connectivity index (χ4n) is 2.75. The third kappa shape index (κ3) is 4.98. The molecule has 0 spiro atoms. The number of anilines is 1. The summed E-state index contributed by atoms with van der Waals surface area (Å²) < 4.78 is 11.3. The second-order valence-corrected chi connectivity index (χ2v) is 5.92. The van der Waals surface area contributed by atoms with Crippen molar-refractivity contribution in [1.29, 1.82) is 0 Å². The molecule has 1 aliphatic rings. The molecule has 1 aromatic heterocycles. The Hall–Kier alpha value is -2.51. The highest BCUT2D eigenvalue weighted by Gasteiger charge is 2.15. The molecule has 25 heavy (non-hydrogen) atoms. The van der Waals surface area contributed by atoms with Gasteiger partial charge in [-0.2, -0.15) is 0 Å². The van der Waals surface area contributed by atoms with Crippen LogP contribution in [0.15, 0.2) is 42.6 Å². The van der Waals surface area contributed by atoms with Gasteiger partial charge < -0.3 is 14.8 Å². The van der Waals surface area contributed by atoms with E-state index in [0.29, 0.717) is 13.2 Å². The predicted molar refractivity (Wildman–Crippen MR) is 93.3 cm³/mol. The van der Waals surface area contributed by atoms with Gasteiger partial charge in [0, 0.05) is 32.0 Å². The number of nitro groups is 1. The van der Waals surface area contributed by atoms with Crippen LogP contribution >= 0.6 is 0 Å². The van der Waals surface area contributed by atoms with E-state index in [4.69, 9.17) is 9.47 Å². The van der Waals surface area contributed by atoms with Crippen molar-refractivity contribution >= 4 is 11.5 Å². The van der Waals surface area contributed by atoms with Crippen molar-refractivity contribution in [3.05, 3.63) is 63.8 Å². The summed E-state index contributed by atoms with van der Waals surface area (Å²) in [5.74, 6) is 0.274. The molecule has 0 radical (unpaired) electrons. The number of ether oxygens (including phenoxy) is 2. The topological polar surface area (TPSA) is 86.5 Å². The maximum atomic E-state index is 11.0. The molecule has 2 aromatic rings. The SMILES string of the molecule is O=[N+]([O-])c1cccnc1NCc1cccc(COC2CCOCC2)c1. The summed E-state index contributed by atoms with van der Waals surface area (Å²) in [7, 11) is 0. The lowest BCUT2D eigenvalue weighted by atomic mass is 10.1. The lowest BCUT2D eigenvalue weighted by Crippen LogP contribution is -2.23. The Labute approximate surface area is 146 Å². The quantitative estimate of drug-likeness (QED) is 0.613. The van der Waals surface area contributed by atoms with Crippen molar-refractivity contribution in [2.24, 2.45) is 0 Å². The molecule has 0 bridgehead atoms. The molecule has 0 unspecified atom stereocenters. The smallest absolute Gasteiger partial charge is 0.311 e. The molecule has 0 amide bonds. The molecule has 0 aliphatic carbocycles. The molecule has 1 N–H and O–H groups in total. The van der Waals surface area contributed by atoms with Crippen LogP contribution in [0.1, 0.15) is 24.0 Å². The van der Waals surface area contributed by atoms with E-state index in [0.717, 1.165) is 37.2 Å². The monoisotopic (exact) mass is 343 g/mol. The average molecular weight is 343 g/mol. The van der Waals surface area contributed by atoms with Crippen LogP contribution < -0.4 is 5.32 Å². The molecule has 3 rings (SSSR count). The highest BCUT2D eigenvalue weighted by atomic mass is 16.6. The fraction of sp³-hybridized carbons (Fsp3) is 0.389. The van der Waals surface area contributed by atoms with Crippen LogP contribution in [0.5, 0.6) is 0 Å². The van der Waals surface area contributed by atoms with Gasteiger partial charge in [0.2, 0.25) is 5.82 Å². The summed E-state index contributed by atoms with van der Waals surface area (Å²) in [6.07, 6.45) is 3.66. The first kappa shape index (κ1) is 17.3. The van der Waals surface area contributed by atoms with Crippen molar-refractivity contribution < 1.29 is 14.4 Å². The number of hydrogen-bond donors (Lipinski definition) is 1. The van der Waals surface area contributed by atoms with Crippen molar-refractivity contribution in [2.75, 3.05) is 18.5 Å². The Morgan fingerprint density at radius 2 is 2.04 bits per heavy atom. The maximum Gasteiger partial charge on any atom is 0.311 e. The van der Waals surface area contributed by atoms with E-state index in [1.165, 1.54) is 12.3 Å². The van der Waals surface area contributed by atoms with Gasteiger partial charge in [0.05, 0.1) is 17.6 Å². The minimum atomic E-state index is -0.437. The van der Waals surface area contributed by atoms with Gasteiger partial charge in [0.1, 0.15) is 0 Å². The van der Waals surface area contributed by atoms with Gasteiger partial charge in [-0.25, -0.2) is 4.98 Å². The van der Waals surface area contributed by atoms with Crippen LogP contribution in [0.25, 0.3) is 0 Å². The van der Waals surface area contributed by atoms with E-state index >= 15 is 0 Å². The Morgan fingerprint density at radius 1 is 1.24 bits per heavy atom. The van der Waals surface area contributed by atoms with Crippen LogP contribution in [0, 0.1) is 10.1 Å². The van der Waals surface area contributed by atoms with Gasteiger partial charge in [-0.15, -0.1) is 0 Å². The van der Waals surface area contributed by atoms with Crippen LogP contribution in [0.3, 0.4) is 0 Å². The number of nitrogens with zero attached hydrogens (tertiary/aromatic N) is 2. The average Bonchev–Trinajstić information content (AvgIpc) is 2.66. The van der Waals surface area contributed by atoms with Crippen LogP contribution in [-0.2, 0) is 22.6 Å². The minimum absolute atomic E-state index is 0.0264. The van der Waals surface area contributed by atoms with Crippen molar-refractivity contribution in [1.82, 2.24) is 4.98 Å². The third-order valence-electron chi connectivity index (χ3n) is 4.09. The zero-order valence-electron chi connectivity index (χ0n) is 13.9. The first-order valence-corrected chi connectivity index (χ1v) is 8.33. The van der Waals surface area contributed by atoms with E-state index < -0.39 is 4.92 Å². The number of aromatic nitrogens is 1. The lowest BCUT2D eigenvalue weighted by molar-refractivity contribution is -0.384. The van der Waals surface area contributed by atoms with E-state index in [1.54, 1.807) is 6.07 Å². The van der Waals surface area contributed by atoms with Crippen LogP contribution in [0.2, 0.25) is 0 Å². The molecule has 1 saturated heterocycles. The van der Waals surface area contributed by atoms with Gasteiger partial charge in [0.25, 0.3) is 0 Å². The zero-order valence-corrected chi connectivity index (χ0v) is 13.9. The van der Waals surface area contributed by atoms with Gasteiger partial charge in [0.15, 0.2) is 0 Å². The zero-order chi connectivity index (χ0) is 17.5. The van der Waals surface area contributed by atoms with Crippen LogP contribution in [0.4, 0.5) is 11.5 Å². The molecule has 1 fully saturated rings. The summed E-state index contributed by atoms with van der Waals surface area (Å²) in [6.45, 7) is 2.54. The highest BCUT2D eigenvalue weighted by molar-refractivity contribution is 5.55. The Bertz CT molecular complexity index is 717. The molecule has 132 valence electrons. The van der Waals surface area contributed by atoms with Gasteiger partial charge in [-0.3, -0.25) is 10.1 Å². The summed E-state index contributed by atoms with van der Waals surface area (Å²) >= 11 is 0.